The van der Waals surface area contributed by atoms with Crippen LogP contribution in [0.1, 0.15) is 22.7 Å². The van der Waals surface area contributed by atoms with Crippen LogP contribution >= 0.6 is 15.9 Å². The summed E-state index contributed by atoms with van der Waals surface area (Å²) in [6, 6.07) is 10.8. The summed E-state index contributed by atoms with van der Waals surface area (Å²) in [6.45, 7) is 0.739. The maximum atomic E-state index is 13.2. The molecule has 0 bridgehead atoms. The topological polar surface area (TPSA) is 47.3 Å². The highest BCUT2D eigenvalue weighted by Crippen LogP contribution is 2.30. The van der Waals surface area contributed by atoms with Crippen molar-refractivity contribution in [3.05, 3.63) is 63.4 Å². The molecule has 2 aromatic rings. The number of hydrogen-bond donors (Lipinski definition) is 2. The van der Waals surface area contributed by atoms with Crippen molar-refractivity contribution in [1.29, 1.82) is 0 Å². The molecule has 3 rings (SSSR count). The molecule has 3 N–H and O–H groups in total. The minimum atomic E-state index is -0.252. The van der Waals surface area contributed by atoms with E-state index in [-0.39, 0.29) is 11.9 Å². The van der Waals surface area contributed by atoms with E-state index < -0.39 is 0 Å². The highest BCUT2D eigenvalue weighted by molar-refractivity contribution is 9.10. The maximum absolute atomic E-state index is 13.2. The van der Waals surface area contributed by atoms with Crippen LogP contribution in [0.4, 0.5) is 4.39 Å². The molecule has 0 aliphatic carbocycles. The number of benzene rings is 2. The Balaban J connectivity index is 1.85. The fourth-order valence-electron chi connectivity index (χ4n) is 2.60. The molecule has 0 spiro atoms. The third-order valence-electron chi connectivity index (χ3n) is 3.76. The van der Waals surface area contributed by atoms with Crippen LogP contribution in [0, 0.1) is 5.82 Å². The van der Waals surface area contributed by atoms with Gasteiger partial charge < -0.3 is 4.74 Å². The summed E-state index contributed by atoms with van der Waals surface area (Å²) in [5.74, 6) is 6.41. The van der Waals surface area contributed by atoms with E-state index in [1.807, 2.05) is 12.1 Å². The molecule has 0 saturated heterocycles. The summed E-state index contributed by atoms with van der Waals surface area (Å²) >= 11 is 3.40. The average Bonchev–Trinajstić information content (AvgIpc) is 2.94. The van der Waals surface area contributed by atoms with E-state index in [1.165, 1.54) is 17.7 Å². The van der Waals surface area contributed by atoms with Crippen molar-refractivity contribution in [1.82, 2.24) is 5.43 Å². The van der Waals surface area contributed by atoms with Gasteiger partial charge in [-0.2, -0.15) is 0 Å². The molecule has 110 valence electrons. The van der Waals surface area contributed by atoms with Gasteiger partial charge in [0.05, 0.1) is 12.6 Å². The SMILES string of the molecule is NNC(Cc1ccc(F)cc1Br)c1ccc2c(c1)CCO2. The van der Waals surface area contributed by atoms with E-state index in [4.69, 9.17) is 10.6 Å². The number of nitrogens with two attached hydrogens (primary N) is 1. The number of rotatable bonds is 4. The van der Waals surface area contributed by atoms with Gasteiger partial charge in [-0.05, 0) is 41.3 Å². The number of hydrazine groups is 1. The molecule has 0 aromatic heterocycles. The molecule has 0 saturated carbocycles. The third-order valence-corrected chi connectivity index (χ3v) is 4.49. The van der Waals surface area contributed by atoms with Crippen LogP contribution < -0.4 is 16.0 Å². The average molecular weight is 351 g/mol. The molecule has 0 amide bonds. The molecular formula is C16H16BrFN2O. The fourth-order valence-corrected chi connectivity index (χ4v) is 3.12. The van der Waals surface area contributed by atoms with Crippen molar-refractivity contribution in [2.75, 3.05) is 6.61 Å². The molecule has 2 aromatic carbocycles. The smallest absolute Gasteiger partial charge is 0.124 e. The molecule has 1 aliphatic rings. The molecule has 21 heavy (non-hydrogen) atoms. The van der Waals surface area contributed by atoms with Crippen molar-refractivity contribution in [3.63, 3.8) is 0 Å². The predicted octanol–water partition coefficient (Wildman–Crippen LogP) is 3.27. The highest BCUT2D eigenvalue weighted by Gasteiger charge is 2.17. The standard InChI is InChI=1S/C16H16BrFN2O/c17-14-9-13(18)3-1-10(14)8-15(20-19)11-2-4-16-12(7-11)5-6-21-16/h1-4,7,9,15,20H,5-6,8,19H2. The number of hydrogen-bond acceptors (Lipinski definition) is 3. The molecule has 1 atom stereocenters. The van der Waals surface area contributed by atoms with Gasteiger partial charge >= 0.3 is 0 Å². The highest BCUT2D eigenvalue weighted by atomic mass is 79.9. The van der Waals surface area contributed by atoms with Crippen LogP contribution in [0.2, 0.25) is 0 Å². The Morgan fingerprint density at radius 2 is 2.14 bits per heavy atom. The van der Waals surface area contributed by atoms with E-state index in [1.54, 1.807) is 6.07 Å². The molecule has 0 fully saturated rings. The molecule has 5 heteroatoms. The molecule has 1 unspecified atom stereocenters. The Labute approximate surface area is 131 Å². The second kappa shape index (κ2) is 6.13. The number of nitrogens with one attached hydrogen (secondary N) is 1. The van der Waals surface area contributed by atoms with Crippen LogP contribution in [0.5, 0.6) is 5.75 Å². The van der Waals surface area contributed by atoms with Gasteiger partial charge in [0.2, 0.25) is 0 Å². The first kappa shape index (κ1) is 14.5. The zero-order chi connectivity index (χ0) is 14.8. The van der Waals surface area contributed by atoms with Crippen LogP contribution in [0.15, 0.2) is 40.9 Å². The zero-order valence-electron chi connectivity index (χ0n) is 11.4. The van der Waals surface area contributed by atoms with Crippen LogP contribution in [-0.2, 0) is 12.8 Å². The summed E-state index contributed by atoms with van der Waals surface area (Å²) in [7, 11) is 0. The van der Waals surface area contributed by atoms with E-state index >= 15 is 0 Å². The van der Waals surface area contributed by atoms with E-state index in [0.717, 1.165) is 34.4 Å². The first-order valence-electron chi connectivity index (χ1n) is 6.83. The quantitative estimate of drug-likeness (QED) is 0.657. The predicted molar refractivity (Wildman–Crippen MR) is 83.5 cm³/mol. The van der Waals surface area contributed by atoms with Gasteiger partial charge in [0.15, 0.2) is 0 Å². The maximum Gasteiger partial charge on any atom is 0.124 e. The Morgan fingerprint density at radius 3 is 2.90 bits per heavy atom. The van der Waals surface area contributed by atoms with Gasteiger partial charge in [-0.1, -0.05) is 34.1 Å². The second-order valence-electron chi connectivity index (χ2n) is 5.12. The Morgan fingerprint density at radius 1 is 1.29 bits per heavy atom. The van der Waals surface area contributed by atoms with E-state index in [2.05, 4.69) is 27.4 Å². The van der Waals surface area contributed by atoms with E-state index in [0.29, 0.717) is 6.42 Å². The van der Waals surface area contributed by atoms with Crippen LogP contribution in [-0.4, -0.2) is 6.61 Å². The van der Waals surface area contributed by atoms with Gasteiger partial charge in [0, 0.05) is 10.9 Å². The fraction of sp³-hybridized carbons (Fsp3) is 0.250. The molecule has 1 aliphatic heterocycles. The first-order chi connectivity index (χ1) is 10.2. The summed E-state index contributed by atoms with van der Waals surface area (Å²) in [5.41, 5.74) is 6.18. The van der Waals surface area contributed by atoms with Gasteiger partial charge in [-0.3, -0.25) is 11.3 Å². The monoisotopic (exact) mass is 350 g/mol. The summed E-state index contributed by atoms with van der Waals surface area (Å²) < 4.78 is 19.4. The Bertz CT molecular complexity index is 663. The van der Waals surface area contributed by atoms with Crippen molar-refractivity contribution in [2.45, 2.75) is 18.9 Å². The lowest BCUT2D eigenvalue weighted by Gasteiger charge is -2.18. The summed E-state index contributed by atoms with van der Waals surface area (Å²) in [6.07, 6.45) is 1.61. The summed E-state index contributed by atoms with van der Waals surface area (Å²) in [5, 5.41) is 0. The normalized spacial score (nSPS) is 14.6. The summed E-state index contributed by atoms with van der Waals surface area (Å²) in [4.78, 5) is 0. The van der Waals surface area contributed by atoms with Crippen molar-refractivity contribution in [2.24, 2.45) is 5.84 Å². The van der Waals surface area contributed by atoms with Gasteiger partial charge in [0.25, 0.3) is 0 Å². The zero-order valence-corrected chi connectivity index (χ0v) is 13.0. The number of fused-ring (bicyclic) bond motifs is 1. The Kier molecular flexibility index (Phi) is 4.24. The minimum Gasteiger partial charge on any atom is -0.493 e. The second-order valence-corrected chi connectivity index (χ2v) is 5.98. The lowest BCUT2D eigenvalue weighted by molar-refractivity contribution is 0.356. The van der Waals surface area contributed by atoms with Crippen LogP contribution in [0.25, 0.3) is 0 Å². The van der Waals surface area contributed by atoms with E-state index in [9.17, 15) is 4.39 Å². The molecule has 1 heterocycles. The van der Waals surface area contributed by atoms with Gasteiger partial charge in [-0.25, -0.2) is 4.39 Å². The number of halogens is 2. The third kappa shape index (κ3) is 3.10. The van der Waals surface area contributed by atoms with Crippen molar-refractivity contribution >= 4 is 15.9 Å². The van der Waals surface area contributed by atoms with Crippen LogP contribution in [0.3, 0.4) is 0 Å². The van der Waals surface area contributed by atoms with Gasteiger partial charge in [-0.15, -0.1) is 0 Å². The molecule has 0 radical (unpaired) electrons. The Hall–Kier alpha value is -1.43. The van der Waals surface area contributed by atoms with Gasteiger partial charge in [0.1, 0.15) is 11.6 Å². The number of ether oxygens (including phenoxy) is 1. The largest absolute Gasteiger partial charge is 0.493 e. The van der Waals surface area contributed by atoms with Crippen molar-refractivity contribution in [3.8, 4) is 5.75 Å². The molecular weight excluding hydrogens is 335 g/mol. The van der Waals surface area contributed by atoms with Crippen molar-refractivity contribution < 1.29 is 9.13 Å². The lowest BCUT2D eigenvalue weighted by atomic mass is 9.97. The first-order valence-corrected chi connectivity index (χ1v) is 7.62. The molecule has 3 nitrogen and oxygen atoms in total. The minimum absolute atomic E-state index is 0.0299. The lowest BCUT2D eigenvalue weighted by Crippen LogP contribution is -2.29.